The van der Waals surface area contributed by atoms with Crippen molar-refractivity contribution in [1.82, 2.24) is 9.80 Å². The van der Waals surface area contributed by atoms with Gasteiger partial charge in [-0.15, -0.1) is 0 Å². The second-order valence-corrected chi connectivity index (χ2v) is 10.1. The number of carbonyl (C=O) groups is 1. The third kappa shape index (κ3) is 5.95. The van der Waals surface area contributed by atoms with E-state index < -0.39 is 0 Å². The van der Waals surface area contributed by atoms with Gasteiger partial charge < -0.3 is 14.1 Å². The van der Waals surface area contributed by atoms with Gasteiger partial charge in [-0.1, -0.05) is 86.6 Å². The largest absolute Gasteiger partial charge is 0.486 e. The number of nitrogens with zero attached hydrogens (tertiary/aromatic N) is 2. The summed E-state index contributed by atoms with van der Waals surface area (Å²) < 4.78 is 11.8. The SMILES string of the molecule is CC(C)(c1ccccc1)c1ccc(OCc2ccc(C(=O)N3CCN(Cc4ccccc4)CC3)o2)cc1. The summed E-state index contributed by atoms with van der Waals surface area (Å²) in [6.45, 7) is 8.75. The number of hydrogen-bond donors (Lipinski definition) is 0. The summed E-state index contributed by atoms with van der Waals surface area (Å²) in [6.07, 6.45) is 0. The van der Waals surface area contributed by atoms with E-state index in [1.165, 1.54) is 16.7 Å². The lowest BCUT2D eigenvalue weighted by atomic mass is 9.78. The zero-order valence-electron chi connectivity index (χ0n) is 21.6. The zero-order chi connectivity index (χ0) is 25.7. The van der Waals surface area contributed by atoms with Gasteiger partial charge in [-0.3, -0.25) is 9.69 Å². The average Bonchev–Trinajstić information content (AvgIpc) is 3.42. The summed E-state index contributed by atoms with van der Waals surface area (Å²) in [7, 11) is 0. The van der Waals surface area contributed by atoms with Crippen molar-refractivity contribution in [3.05, 3.63) is 125 Å². The van der Waals surface area contributed by atoms with E-state index >= 15 is 0 Å². The maximum Gasteiger partial charge on any atom is 0.289 e. The minimum absolute atomic E-state index is 0.0573. The van der Waals surface area contributed by atoms with Gasteiger partial charge in [0.2, 0.25) is 0 Å². The van der Waals surface area contributed by atoms with Gasteiger partial charge >= 0.3 is 0 Å². The highest BCUT2D eigenvalue weighted by Gasteiger charge is 2.25. The minimum atomic E-state index is -0.0942. The lowest BCUT2D eigenvalue weighted by molar-refractivity contribution is 0.0594. The van der Waals surface area contributed by atoms with Crippen LogP contribution in [0.2, 0.25) is 0 Å². The summed E-state index contributed by atoms with van der Waals surface area (Å²) in [5.74, 6) is 1.72. The molecular weight excluding hydrogens is 460 g/mol. The van der Waals surface area contributed by atoms with Crippen LogP contribution in [-0.4, -0.2) is 41.9 Å². The molecule has 0 aliphatic carbocycles. The molecule has 3 aromatic carbocycles. The van der Waals surface area contributed by atoms with Gasteiger partial charge in [-0.05, 0) is 41.0 Å². The van der Waals surface area contributed by atoms with Crippen LogP contribution in [0.3, 0.4) is 0 Å². The standard InChI is InChI=1S/C32H34N2O3/c1-32(2,26-11-7-4-8-12-26)27-13-15-28(16-14-27)36-24-29-17-18-30(37-29)31(35)34-21-19-33(20-22-34)23-25-9-5-3-6-10-25/h3-18H,19-24H2,1-2H3. The molecule has 190 valence electrons. The van der Waals surface area contributed by atoms with Crippen molar-refractivity contribution in [1.29, 1.82) is 0 Å². The van der Waals surface area contributed by atoms with Crippen LogP contribution in [0.15, 0.2) is 101 Å². The van der Waals surface area contributed by atoms with E-state index in [0.717, 1.165) is 25.4 Å². The van der Waals surface area contributed by atoms with Crippen molar-refractivity contribution in [3.63, 3.8) is 0 Å². The molecule has 5 heteroatoms. The number of piperazine rings is 1. The Hall–Kier alpha value is -3.83. The van der Waals surface area contributed by atoms with Gasteiger partial charge in [0.25, 0.3) is 5.91 Å². The van der Waals surface area contributed by atoms with E-state index in [9.17, 15) is 4.79 Å². The molecule has 0 radical (unpaired) electrons. The van der Waals surface area contributed by atoms with Crippen molar-refractivity contribution in [2.24, 2.45) is 0 Å². The zero-order valence-corrected chi connectivity index (χ0v) is 21.6. The third-order valence-electron chi connectivity index (χ3n) is 7.23. The predicted molar refractivity (Wildman–Crippen MR) is 146 cm³/mol. The summed E-state index contributed by atoms with van der Waals surface area (Å²) in [5, 5.41) is 0. The lowest BCUT2D eigenvalue weighted by Gasteiger charge is -2.34. The first-order valence-corrected chi connectivity index (χ1v) is 12.9. The smallest absolute Gasteiger partial charge is 0.289 e. The monoisotopic (exact) mass is 494 g/mol. The molecule has 5 rings (SSSR count). The van der Waals surface area contributed by atoms with E-state index in [4.69, 9.17) is 9.15 Å². The van der Waals surface area contributed by atoms with Crippen LogP contribution in [-0.2, 0) is 18.6 Å². The van der Waals surface area contributed by atoms with Gasteiger partial charge in [0.05, 0.1) is 0 Å². The molecule has 0 saturated carbocycles. The fourth-order valence-corrected chi connectivity index (χ4v) is 4.82. The molecule has 1 aliphatic heterocycles. The van der Waals surface area contributed by atoms with E-state index in [0.29, 0.717) is 24.6 Å². The molecule has 4 aromatic rings. The average molecular weight is 495 g/mol. The van der Waals surface area contributed by atoms with E-state index in [1.54, 1.807) is 6.07 Å². The molecule has 0 bridgehead atoms. The Labute approximate surface area is 219 Å². The van der Waals surface area contributed by atoms with Crippen LogP contribution in [0.4, 0.5) is 0 Å². The maximum atomic E-state index is 13.0. The normalized spacial score (nSPS) is 14.5. The van der Waals surface area contributed by atoms with Crippen LogP contribution in [0.5, 0.6) is 5.75 Å². The van der Waals surface area contributed by atoms with Crippen molar-refractivity contribution in [2.75, 3.05) is 26.2 Å². The van der Waals surface area contributed by atoms with Crippen LogP contribution in [0.25, 0.3) is 0 Å². The van der Waals surface area contributed by atoms with Gasteiger partial charge in [0.1, 0.15) is 18.1 Å². The fourth-order valence-electron chi connectivity index (χ4n) is 4.82. The van der Waals surface area contributed by atoms with Crippen molar-refractivity contribution < 1.29 is 13.9 Å². The molecule has 1 aliphatic rings. The highest BCUT2D eigenvalue weighted by molar-refractivity contribution is 5.91. The molecule has 0 unspecified atom stereocenters. The number of hydrogen-bond acceptors (Lipinski definition) is 4. The molecule has 37 heavy (non-hydrogen) atoms. The highest BCUT2D eigenvalue weighted by Crippen LogP contribution is 2.32. The van der Waals surface area contributed by atoms with Gasteiger partial charge in [-0.2, -0.15) is 0 Å². The number of rotatable bonds is 8. The Morgan fingerprint density at radius 1 is 0.784 bits per heavy atom. The Bertz CT molecular complexity index is 1290. The summed E-state index contributed by atoms with van der Waals surface area (Å²) in [4.78, 5) is 17.2. The molecule has 0 atom stereocenters. The van der Waals surface area contributed by atoms with Gasteiger partial charge in [0.15, 0.2) is 5.76 Å². The van der Waals surface area contributed by atoms with Crippen LogP contribution >= 0.6 is 0 Å². The van der Waals surface area contributed by atoms with E-state index in [2.05, 4.69) is 79.4 Å². The lowest BCUT2D eigenvalue weighted by Crippen LogP contribution is -2.48. The highest BCUT2D eigenvalue weighted by atomic mass is 16.5. The second kappa shape index (κ2) is 11.1. The quantitative estimate of drug-likeness (QED) is 0.295. The van der Waals surface area contributed by atoms with Crippen LogP contribution in [0.1, 0.15) is 46.9 Å². The summed E-state index contributed by atoms with van der Waals surface area (Å²) in [5.41, 5.74) is 3.70. The van der Waals surface area contributed by atoms with E-state index in [-0.39, 0.29) is 17.9 Å². The Morgan fingerprint density at radius 2 is 1.41 bits per heavy atom. The Kier molecular flexibility index (Phi) is 7.42. The number of ether oxygens (including phenoxy) is 1. The first kappa shape index (κ1) is 24.8. The minimum Gasteiger partial charge on any atom is -0.486 e. The summed E-state index contributed by atoms with van der Waals surface area (Å²) >= 11 is 0. The van der Waals surface area contributed by atoms with Crippen molar-refractivity contribution >= 4 is 5.91 Å². The van der Waals surface area contributed by atoms with Crippen LogP contribution in [0, 0.1) is 0 Å². The van der Waals surface area contributed by atoms with Crippen molar-refractivity contribution in [3.8, 4) is 5.75 Å². The Morgan fingerprint density at radius 3 is 2.08 bits per heavy atom. The maximum absolute atomic E-state index is 13.0. The van der Waals surface area contributed by atoms with E-state index in [1.807, 2.05) is 35.2 Å². The molecular formula is C32H34N2O3. The summed E-state index contributed by atoms with van der Waals surface area (Å²) in [6, 6.07) is 32.7. The predicted octanol–water partition coefficient (Wildman–Crippen LogP) is 6.14. The fraction of sp³-hybridized carbons (Fsp3) is 0.281. The first-order chi connectivity index (χ1) is 18.0. The first-order valence-electron chi connectivity index (χ1n) is 12.9. The molecule has 0 spiro atoms. The number of furan rings is 1. The molecule has 1 aromatic heterocycles. The van der Waals surface area contributed by atoms with Crippen LogP contribution < -0.4 is 4.74 Å². The molecule has 2 heterocycles. The van der Waals surface area contributed by atoms with Crippen molar-refractivity contribution in [2.45, 2.75) is 32.4 Å². The number of carbonyl (C=O) groups excluding carboxylic acids is 1. The number of benzene rings is 3. The topological polar surface area (TPSA) is 45.9 Å². The molecule has 1 fully saturated rings. The molecule has 5 nitrogen and oxygen atoms in total. The molecule has 0 N–H and O–H groups in total. The Balaban J connectivity index is 1.12. The second-order valence-electron chi connectivity index (χ2n) is 10.1. The van der Waals surface area contributed by atoms with Gasteiger partial charge in [-0.25, -0.2) is 0 Å². The molecule has 1 saturated heterocycles. The number of amides is 1. The van der Waals surface area contributed by atoms with Gasteiger partial charge in [0, 0.05) is 38.1 Å². The third-order valence-corrected chi connectivity index (χ3v) is 7.23. The molecule has 1 amide bonds.